The van der Waals surface area contributed by atoms with Crippen LogP contribution in [0.25, 0.3) is 0 Å². The van der Waals surface area contributed by atoms with Crippen molar-refractivity contribution in [1.82, 2.24) is 0 Å². The first-order valence-electron chi connectivity index (χ1n) is 12.2. The van der Waals surface area contributed by atoms with Crippen molar-refractivity contribution in [2.45, 2.75) is 64.8 Å². The molecule has 1 amide bonds. The maximum Gasteiger partial charge on any atom is 0.416 e. The average Bonchev–Trinajstić information content (AvgIpc) is 2.82. The van der Waals surface area contributed by atoms with Gasteiger partial charge in [0, 0.05) is 11.3 Å². The summed E-state index contributed by atoms with van der Waals surface area (Å²) in [6.45, 7) is 8.74. The summed E-state index contributed by atoms with van der Waals surface area (Å²) in [7, 11) is 0. The summed E-state index contributed by atoms with van der Waals surface area (Å²) in [4.78, 5) is 24.9. The predicted octanol–water partition coefficient (Wildman–Crippen LogP) is 7.24. The Kier molecular flexibility index (Phi) is 8.54. The van der Waals surface area contributed by atoms with Crippen LogP contribution in [-0.2, 0) is 28.5 Å². The van der Waals surface area contributed by atoms with Crippen molar-refractivity contribution in [2.24, 2.45) is 0 Å². The van der Waals surface area contributed by atoms with Crippen molar-refractivity contribution in [3.8, 4) is 5.75 Å². The van der Waals surface area contributed by atoms with Crippen LogP contribution in [0.2, 0.25) is 0 Å². The van der Waals surface area contributed by atoms with Gasteiger partial charge in [-0.1, -0.05) is 24.3 Å². The number of esters is 1. The number of benzene rings is 3. The van der Waals surface area contributed by atoms with E-state index in [-0.39, 0.29) is 5.56 Å². The van der Waals surface area contributed by atoms with E-state index in [0.717, 1.165) is 41.8 Å². The quantitative estimate of drug-likeness (QED) is 0.314. The molecule has 0 aliphatic rings. The van der Waals surface area contributed by atoms with Crippen LogP contribution in [-0.4, -0.2) is 23.1 Å². The van der Waals surface area contributed by atoms with Gasteiger partial charge in [0.25, 0.3) is 5.91 Å². The van der Waals surface area contributed by atoms with E-state index >= 15 is 0 Å². The molecule has 1 N–H and O–H groups in total. The fraction of sp³-hybridized carbons (Fsp3) is 0.333. The van der Waals surface area contributed by atoms with Gasteiger partial charge in [-0.05, 0) is 107 Å². The lowest BCUT2D eigenvalue weighted by atomic mass is 10.0. The monoisotopic (exact) mass is 527 g/mol. The molecule has 0 saturated heterocycles. The lowest BCUT2D eigenvalue weighted by molar-refractivity contribution is -0.170. The van der Waals surface area contributed by atoms with Crippen LogP contribution in [0.4, 0.5) is 18.9 Å². The SMILES string of the molecule is CC(C)(C)OC(=O)C(C)(C)Oc1ccc(CCc2cccc(NC(=O)c3ccc(C(F)(F)F)cc3)c2)cc1. The smallest absolute Gasteiger partial charge is 0.416 e. The van der Waals surface area contributed by atoms with Crippen LogP contribution in [0, 0.1) is 0 Å². The van der Waals surface area contributed by atoms with Crippen LogP contribution in [0.5, 0.6) is 5.75 Å². The van der Waals surface area contributed by atoms with Gasteiger partial charge in [-0.2, -0.15) is 13.2 Å². The van der Waals surface area contributed by atoms with E-state index in [2.05, 4.69) is 5.32 Å². The van der Waals surface area contributed by atoms with E-state index in [1.165, 1.54) is 0 Å². The Morgan fingerprint density at radius 2 is 1.39 bits per heavy atom. The van der Waals surface area contributed by atoms with Crippen LogP contribution in [0.15, 0.2) is 72.8 Å². The molecule has 3 rings (SSSR count). The maximum absolute atomic E-state index is 12.7. The zero-order valence-corrected chi connectivity index (χ0v) is 22.1. The molecule has 0 saturated carbocycles. The highest BCUT2D eigenvalue weighted by Gasteiger charge is 2.34. The normalized spacial score (nSPS) is 12.1. The number of alkyl halides is 3. The van der Waals surface area contributed by atoms with E-state index in [9.17, 15) is 22.8 Å². The third-order valence-electron chi connectivity index (χ3n) is 5.55. The number of rotatable bonds is 8. The first kappa shape index (κ1) is 28.8. The van der Waals surface area contributed by atoms with Crippen LogP contribution < -0.4 is 10.1 Å². The van der Waals surface area contributed by atoms with E-state index in [1.54, 1.807) is 40.7 Å². The molecule has 0 unspecified atom stereocenters. The third kappa shape index (κ3) is 8.36. The molecule has 202 valence electrons. The minimum atomic E-state index is -4.45. The van der Waals surface area contributed by atoms with Gasteiger partial charge in [-0.15, -0.1) is 0 Å². The molecular weight excluding hydrogens is 495 g/mol. The molecule has 38 heavy (non-hydrogen) atoms. The minimum Gasteiger partial charge on any atom is -0.476 e. The van der Waals surface area contributed by atoms with Gasteiger partial charge in [0.05, 0.1) is 5.56 Å². The summed E-state index contributed by atoms with van der Waals surface area (Å²) >= 11 is 0. The Labute approximate surface area is 221 Å². The van der Waals surface area contributed by atoms with Crippen LogP contribution in [0.1, 0.15) is 61.7 Å². The Morgan fingerprint density at radius 3 is 1.97 bits per heavy atom. The Hall–Kier alpha value is -3.81. The van der Waals surface area contributed by atoms with Crippen molar-refractivity contribution in [3.05, 3.63) is 95.1 Å². The first-order chi connectivity index (χ1) is 17.6. The van der Waals surface area contributed by atoms with Crippen molar-refractivity contribution in [1.29, 1.82) is 0 Å². The lowest BCUT2D eigenvalue weighted by Gasteiger charge is -2.29. The van der Waals surface area contributed by atoms with E-state index < -0.39 is 34.8 Å². The number of carbonyl (C=O) groups excluding carboxylic acids is 2. The van der Waals surface area contributed by atoms with Crippen LogP contribution >= 0.6 is 0 Å². The molecule has 0 fully saturated rings. The number of halogens is 3. The molecule has 0 atom stereocenters. The second-order valence-corrected chi connectivity index (χ2v) is 10.5. The summed E-state index contributed by atoms with van der Waals surface area (Å²) in [6, 6.07) is 18.9. The highest BCUT2D eigenvalue weighted by molar-refractivity contribution is 6.04. The van der Waals surface area contributed by atoms with Crippen molar-refractivity contribution >= 4 is 17.6 Å². The summed E-state index contributed by atoms with van der Waals surface area (Å²) < 4.78 is 49.5. The van der Waals surface area contributed by atoms with Gasteiger partial charge < -0.3 is 14.8 Å². The predicted molar refractivity (Wildman–Crippen MR) is 140 cm³/mol. The number of ether oxygens (including phenoxy) is 2. The van der Waals surface area contributed by atoms with Gasteiger partial charge in [0.15, 0.2) is 5.60 Å². The standard InChI is InChI=1S/C30H32F3NO4/c1-28(2,3)38-27(36)29(4,5)37-25-17-11-20(12-18-25)9-10-21-7-6-8-24(19-21)34-26(35)22-13-15-23(16-14-22)30(31,32)33/h6-8,11-19H,9-10H2,1-5H3,(H,34,35). The molecule has 8 heteroatoms. The van der Waals surface area contributed by atoms with E-state index in [0.29, 0.717) is 17.9 Å². The molecule has 0 bridgehead atoms. The summed E-state index contributed by atoms with van der Waals surface area (Å²) in [6.07, 6.45) is -3.02. The molecule has 0 aromatic heterocycles. The number of anilines is 1. The molecule has 0 spiro atoms. The summed E-state index contributed by atoms with van der Waals surface area (Å²) in [5, 5.41) is 2.73. The van der Waals surface area contributed by atoms with Crippen molar-refractivity contribution < 1.29 is 32.2 Å². The highest BCUT2D eigenvalue weighted by Crippen LogP contribution is 2.29. The molecule has 5 nitrogen and oxygen atoms in total. The number of hydrogen-bond donors (Lipinski definition) is 1. The zero-order chi connectivity index (χ0) is 28.1. The van der Waals surface area contributed by atoms with Gasteiger partial charge in [0.1, 0.15) is 11.4 Å². The molecular formula is C30H32F3NO4. The Balaban J connectivity index is 1.56. The maximum atomic E-state index is 12.7. The number of carbonyl (C=O) groups is 2. The molecule has 3 aromatic carbocycles. The topological polar surface area (TPSA) is 64.6 Å². The van der Waals surface area contributed by atoms with Gasteiger partial charge in [0.2, 0.25) is 0 Å². The number of aryl methyl sites for hydroxylation is 2. The summed E-state index contributed by atoms with van der Waals surface area (Å²) in [5.74, 6) is -0.377. The van der Waals surface area contributed by atoms with Crippen molar-refractivity contribution in [3.63, 3.8) is 0 Å². The molecule has 0 radical (unpaired) electrons. The molecule has 0 aliphatic carbocycles. The fourth-order valence-corrected chi connectivity index (χ4v) is 3.57. The van der Waals surface area contributed by atoms with E-state index in [4.69, 9.17) is 9.47 Å². The Bertz CT molecular complexity index is 1260. The Morgan fingerprint density at radius 1 is 0.789 bits per heavy atom. The summed E-state index contributed by atoms with van der Waals surface area (Å²) in [5.41, 5.74) is 0.195. The van der Waals surface area contributed by atoms with Gasteiger partial charge >= 0.3 is 12.1 Å². The van der Waals surface area contributed by atoms with Crippen LogP contribution in [0.3, 0.4) is 0 Å². The second kappa shape index (κ2) is 11.3. The minimum absolute atomic E-state index is 0.139. The number of nitrogens with one attached hydrogen (secondary N) is 1. The van der Waals surface area contributed by atoms with Gasteiger partial charge in [-0.3, -0.25) is 4.79 Å². The third-order valence-corrected chi connectivity index (χ3v) is 5.55. The molecule has 0 heterocycles. The first-order valence-corrected chi connectivity index (χ1v) is 12.2. The second-order valence-electron chi connectivity index (χ2n) is 10.5. The fourth-order valence-electron chi connectivity index (χ4n) is 3.57. The lowest BCUT2D eigenvalue weighted by Crippen LogP contribution is -2.43. The van der Waals surface area contributed by atoms with Crippen molar-refractivity contribution in [2.75, 3.05) is 5.32 Å². The number of hydrogen-bond acceptors (Lipinski definition) is 4. The van der Waals surface area contributed by atoms with E-state index in [1.807, 2.05) is 42.5 Å². The zero-order valence-electron chi connectivity index (χ0n) is 22.1. The average molecular weight is 528 g/mol. The number of amides is 1. The highest BCUT2D eigenvalue weighted by atomic mass is 19.4. The largest absolute Gasteiger partial charge is 0.476 e. The molecule has 0 aliphatic heterocycles. The molecule has 3 aromatic rings. The van der Waals surface area contributed by atoms with Gasteiger partial charge in [-0.25, -0.2) is 4.79 Å².